The van der Waals surface area contributed by atoms with Crippen molar-refractivity contribution in [3.8, 4) is 0 Å². The molecule has 0 heterocycles. The summed E-state index contributed by atoms with van der Waals surface area (Å²) < 4.78 is 9.31. The summed E-state index contributed by atoms with van der Waals surface area (Å²) >= 11 is 0. The summed E-state index contributed by atoms with van der Waals surface area (Å²) in [5.41, 5.74) is -1.24. The molecule has 0 spiro atoms. The molecule has 0 rings (SSSR count). The predicted molar refractivity (Wildman–Crippen MR) is 33.8 cm³/mol. The molecule has 56 valence electrons. The molecule has 0 unspecified atom stereocenters. The maximum atomic E-state index is 8.64. The molecule has 0 amide bonds. The van der Waals surface area contributed by atoms with E-state index in [4.69, 9.17) is 9.79 Å². The van der Waals surface area contributed by atoms with E-state index in [0.717, 1.165) is 0 Å². The van der Waals surface area contributed by atoms with Crippen molar-refractivity contribution in [2.75, 3.05) is 14.2 Å². The Labute approximate surface area is 55.3 Å². The number of hydrogen-bond acceptors (Lipinski definition) is 4. The van der Waals surface area contributed by atoms with Gasteiger partial charge in [0.05, 0.1) is 0 Å². The minimum Gasteiger partial charge on any atom is -0.346 e. The molecule has 0 aliphatic rings. The number of ether oxygens (including phenoxy) is 2. The zero-order chi connectivity index (χ0) is 7.49. The third-order valence-electron chi connectivity index (χ3n) is 1.12. The third-order valence-corrected chi connectivity index (χ3v) is 2.21. The summed E-state index contributed by atoms with van der Waals surface area (Å²) in [7, 11) is 0.514. The van der Waals surface area contributed by atoms with Crippen LogP contribution >= 0.6 is 8.38 Å². The highest BCUT2D eigenvalue weighted by Crippen LogP contribution is 2.42. The Morgan fingerprint density at radius 2 is 1.56 bits per heavy atom. The highest BCUT2D eigenvalue weighted by molar-refractivity contribution is 7.46. The Balaban J connectivity index is 3.92. The van der Waals surface area contributed by atoms with Crippen LogP contribution in [0.4, 0.5) is 0 Å². The van der Waals surface area contributed by atoms with Gasteiger partial charge in [-0.25, -0.2) is 0 Å². The van der Waals surface area contributed by atoms with Gasteiger partial charge in [0.1, 0.15) is 0 Å². The SMILES string of the molecule is COC(C)(OC)P(O)O. The van der Waals surface area contributed by atoms with Crippen LogP contribution in [0.1, 0.15) is 6.92 Å². The lowest BCUT2D eigenvalue weighted by Crippen LogP contribution is -2.26. The van der Waals surface area contributed by atoms with Gasteiger partial charge in [0.25, 0.3) is 0 Å². The van der Waals surface area contributed by atoms with Crippen molar-refractivity contribution in [2.24, 2.45) is 0 Å². The molecule has 0 atom stereocenters. The quantitative estimate of drug-likeness (QED) is 0.452. The molecular formula is C4H11O4P. The van der Waals surface area contributed by atoms with E-state index in [2.05, 4.69) is 9.47 Å². The molecule has 9 heavy (non-hydrogen) atoms. The fraction of sp³-hybridized carbons (Fsp3) is 1.00. The normalized spacial score (nSPS) is 12.7. The summed E-state index contributed by atoms with van der Waals surface area (Å²) in [4.78, 5) is 17.3. The molecule has 4 nitrogen and oxygen atoms in total. The van der Waals surface area contributed by atoms with Gasteiger partial charge in [-0.3, -0.25) is 0 Å². The molecule has 0 aromatic carbocycles. The first kappa shape index (κ1) is 9.27. The smallest absolute Gasteiger partial charge is 0.236 e. The van der Waals surface area contributed by atoms with E-state index in [1.807, 2.05) is 0 Å². The standard InChI is InChI=1S/C4H11O4P/c1-4(7-2,8-3)9(5)6/h5-6H,1-3H3. The van der Waals surface area contributed by atoms with Gasteiger partial charge in [-0.1, -0.05) is 0 Å². The van der Waals surface area contributed by atoms with E-state index in [9.17, 15) is 0 Å². The van der Waals surface area contributed by atoms with Gasteiger partial charge in [0.15, 0.2) is 0 Å². The van der Waals surface area contributed by atoms with Crippen LogP contribution in [0.25, 0.3) is 0 Å². The molecular weight excluding hydrogens is 143 g/mol. The lowest BCUT2D eigenvalue weighted by Gasteiger charge is -2.26. The number of rotatable bonds is 3. The van der Waals surface area contributed by atoms with Gasteiger partial charge in [-0.15, -0.1) is 0 Å². The van der Waals surface area contributed by atoms with E-state index in [0.29, 0.717) is 0 Å². The summed E-state index contributed by atoms with van der Waals surface area (Å²) in [6.45, 7) is 1.46. The topological polar surface area (TPSA) is 58.9 Å². The summed E-state index contributed by atoms with van der Waals surface area (Å²) in [5.74, 6) is 0. The third kappa shape index (κ3) is 2.16. The van der Waals surface area contributed by atoms with Crippen molar-refractivity contribution in [1.82, 2.24) is 0 Å². The first-order chi connectivity index (χ1) is 4.06. The molecule has 0 saturated heterocycles. The van der Waals surface area contributed by atoms with Crippen LogP contribution in [-0.2, 0) is 9.47 Å². The molecule has 0 saturated carbocycles. The first-order valence-corrected chi connectivity index (χ1v) is 3.60. The second kappa shape index (κ2) is 3.44. The fourth-order valence-corrected chi connectivity index (χ4v) is 0.573. The summed E-state index contributed by atoms with van der Waals surface area (Å²) in [6.07, 6.45) is 0. The van der Waals surface area contributed by atoms with Gasteiger partial charge < -0.3 is 19.3 Å². The van der Waals surface area contributed by atoms with Gasteiger partial charge in [-0.05, 0) is 6.92 Å². The van der Waals surface area contributed by atoms with Crippen LogP contribution in [0.3, 0.4) is 0 Å². The molecule has 2 N–H and O–H groups in total. The van der Waals surface area contributed by atoms with Crippen molar-refractivity contribution < 1.29 is 19.3 Å². The second-order valence-electron chi connectivity index (χ2n) is 1.60. The minimum absolute atomic E-state index is 1.24. The van der Waals surface area contributed by atoms with Crippen molar-refractivity contribution in [3.05, 3.63) is 0 Å². The highest BCUT2D eigenvalue weighted by Gasteiger charge is 2.32. The van der Waals surface area contributed by atoms with E-state index in [-0.39, 0.29) is 0 Å². The summed E-state index contributed by atoms with van der Waals surface area (Å²) in [6, 6.07) is 0. The molecule has 0 aromatic rings. The Morgan fingerprint density at radius 3 is 1.56 bits per heavy atom. The van der Waals surface area contributed by atoms with E-state index in [1.165, 1.54) is 21.1 Å². The van der Waals surface area contributed by atoms with E-state index in [1.54, 1.807) is 0 Å². The van der Waals surface area contributed by atoms with Crippen molar-refractivity contribution in [3.63, 3.8) is 0 Å². The van der Waals surface area contributed by atoms with Crippen molar-refractivity contribution >= 4 is 8.38 Å². The monoisotopic (exact) mass is 154 g/mol. The zero-order valence-electron chi connectivity index (χ0n) is 5.66. The Bertz CT molecular complexity index is 80.6. The van der Waals surface area contributed by atoms with Crippen molar-refractivity contribution in [2.45, 2.75) is 12.5 Å². The van der Waals surface area contributed by atoms with Gasteiger partial charge >= 0.3 is 0 Å². The Kier molecular flexibility index (Phi) is 3.54. The summed E-state index contributed by atoms with van der Waals surface area (Å²) in [5, 5.41) is 0. The van der Waals surface area contributed by atoms with Crippen LogP contribution in [0.2, 0.25) is 0 Å². The molecule has 0 fully saturated rings. The van der Waals surface area contributed by atoms with Crippen LogP contribution in [-0.4, -0.2) is 29.5 Å². The number of methoxy groups -OCH3 is 2. The van der Waals surface area contributed by atoms with Gasteiger partial charge in [-0.2, -0.15) is 0 Å². The van der Waals surface area contributed by atoms with Crippen molar-refractivity contribution in [1.29, 1.82) is 0 Å². The second-order valence-corrected chi connectivity index (χ2v) is 2.99. The minimum atomic E-state index is -2.19. The maximum Gasteiger partial charge on any atom is 0.236 e. The highest BCUT2D eigenvalue weighted by atomic mass is 31.2. The predicted octanol–water partition coefficient (Wildman–Crippen LogP) is 0.249. The fourth-order valence-electron chi connectivity index (χ4n) is 0.247. The zero-order valence-corrected chi connectivity index (χ0v) is 6.55. The molecule has 0 aromatic heterocycles. The average molecular weight is 154 g/mol. The molecule has 5 heteroatoms. The van der Waals surface area contributed by atoms with Crippen LogP contribution in [0, 0.1) is 0 Å². The lowest BCUT2D eigenvalue weighted by molar-refractivity contribution is -0.135. The first-order valence-electron chi connectivity index (χ1n) is 2.35. The van der Waals surface area contributed by atoms with Crippen LogP contribution < -0.4 is 0 Å². The molecule has 0 aliphatic heterocycles. The largest absolute Gasteiger partial charge is 0.346 e. The Morgan fingerprint density at radius 1 is 1.22 bits per heavy atom. The van der Waals surface area contributed by atoms with Gasteiger partial charge in [0.2, 0.25) is 13.9 Å². The number of hydrogen-bond donors (Lipinski definition) is 2. The van der Waals surface area contributed by atoms with E-state index >= 15 is 0 Å². The molecule has 0 radical (unpaired) electrons. The van der Waals surface area contributed by atoms with Crippen LogP contribution in [0.5, 0.6) is 0 Å². The lowest BCUT2D eigenvalue weighted by atomic mass is 10.7. The Hall–Kier alpha value is 0.270. The molecule has 0 aliphatic carbocycles. The molecule has 0 bridgehead atoms. The maximum absolute atomic E-state index is 8.64. The van der Waals surface area contributed by atoms with Crippen LogP contribution in [0.15, 0.2) is 0 Å². The average Bonchev–Trinajstić information content (AvgIpc) is 1.86. The van der Waals surface area contributed by atoms with Gasteiger partial charge in [0, 0.05) is 14.2 Å². The van der Waals surface area contributed by atoms with E-state index < -0.39 is 13.9 Å².